The molecule has 2 N–H and O–H groups in total. The SMILES string of the molecule is CC(=O)Nc1ccc([S+]2c3ccccc3Sc3ccccc32)c(NC(C)=O)c1.[O-][Cl+3]([O-])([O-])[O-]. The number of amides is 2. The topological polar surface area (TPSA) is 150 Å². The van der Waals surface area contributed by atoms with Crippen LogP contribution in [0, 0.1) is 10.2 Å². The highest BCUT2D eigenvalue weighted by Crippen LogP contribution is 2.49. The summed E-state index contributed by atoms with van der Waals surface area (Å²) in [5.74, 6) is -0.286. The molecule has 0 aromatic heterocycles. The molecule has 0 unspecified atom stereocenters. The van der Waals surface area contributed by atoms with Gasteiger partial charge in [-0.25, -0.2) is 18.6 Å². The maximum atomic E-state index is 11.9. The van der Waals surface area contributed by atoms with Crippen molar-refractivity contribution >= 4 is 45.8 Å². The molecule has 33 heavy (non-hydrogen) atoms. The van der Waals surface area contributed by atoms with Gasteiger partial charge in [-0.3, -0.25) is 9.59 Å². The van der Waals surface area contributed by atoms with Gasteiger partial charge in [0.1, 0.15) is 10.9 Å². The lowest BCUT2D eigenvalue weighted by Crippen LogP contribution is -2.68. The highest BCUT2D eigenvalue weighted by Gasteiger charge is 2.39. The Morgan fingerprint density at radius 3 is 1.73 bits per heavy atom. The number of rotatable bonds is 3. The van der Waals surface area contributed by atoms with Crippen LogP contribution in [0.3, 0.4) is 0 Å². The normalized spacial score (nSPS) is 12.5. The van der Waals surface area contributed by atoms with Crippen LogP contribution in [0.15, 0.2) is 91.2 Å². The summed E-state index contributed by atoms with van der Waals surface area (Å²) < 4.78 is 34.0. The van der Waals surface area contributed by atoms with Crippen molar-refractivity contribution in [3.63, 3.8) is 0 Å². The molecule has 172 valence electrons. The zero-order chi connectivity index (χ0) is 24.2. The van der Waals surface area contributed by atoms with E-state index in [1.807, 2.05) is 18.2 Å². The predicted octanol–water partition coefficient (Wildman–Crippen LogP) is 0.407. The first kappa shape index (κ1) is 25.1. The third kappa shape index (κ3) is 6.95. The van der Waals surface area contributed by atoms with Crippen molar-refractivity contribution in [2.45, 2.75) is 38.3 Å². The van der Waals surface area contributed by atoms with Crippen molar-refractivity contribution in [2.75, 3.05) is 10.6 Å². The molecule has 0 saturated heterocycles. The van der Waals surface area contributed by atoms with Gasteiger partial charge in [0.15, 0.2) is 14.7 Å². The lowest BCUT2D eigenvalue weighted by Gasteiger charge is -2.20. The minimum absolute atomic E-state index is 0.141. The van der Waals surface area contributed by atoms with Crippen LogP contribution < -0.4 is 29.3 Å². The van der Waals surface area contributed by atoms with Gasteiger partial charge in [-0.1, -0.05) is 36.0 Å². The number of benzene rings is 3. The Kier molecular flexibility index (Phi) is 8.03. The minimum atomic E-state index is -4.94. The van der Waals surface area contributed by atoms with Gasteiger partial charge in [-0.2, -0.15) is 0 Å². The maximum Gasteiger partial charge on any atom is 0.221 e. The summed E-state index contributed by atoms with van der Waals surface area (Å²) in [6.07, 6.45) is 0. The first-order valence-electron chi connectivity index (χ1n) is 9.44. The largest absolute Gasteiger partial charge is 0.326 e. The smallest absolute Gasteiger partial charge is 0.221 e. The molecule has 0 atom stereocenters. The van der Waals surface area contributed by atoms with E-state index in [1.54, 1.807) is 11.8 Å². The van der Waals surface area contributed by atoms with E-state index in [9.17, 15) is 9.59 Å². The molecule has 4 rings (SSSR count). The van der Waals surface area contributed by atoms with Gasteiger partial charge >= 0.3 is 0 Å². The fourth-order valence-corrected chi connectivity index (χ4v) is 6.99. The van der Waals surface area contributed by atoms with Crippen LogP contribution in [0.1, 0.15) is 13.8 Å². The molecule has 3 aromatic rings. The van der Waals surface area contributed by atoms with Crippen LogP contribution in [0.25, 0.3) is 0 Å². The first-order valence-corrected chi connectivity index (χ1v) is 12.7. The van der Waals surface area contributed by atoms with Crippen molar-refractivity contribution in [1.29, 1.82) is 0 Å². The molecule has 0 bridgehead atoms. The van der Waals surface area contributed by atoms with Crippen molar-refractivity contribution in [3.8, 4) is 0 Å². The summed E-state index contributed by atoms with van der Waals surface area (Å²) in [5, 5.41) is 5.75. The van der Waals surface area contributed by atoms with Crippen LogP contribution in [0.5, 0.6) is 0 Å². The summed E-state index contributed by atoms with van der Waals surface area (Å²) in [5.41, 5.74) is 1.38. The number of carbonyl (C=O) groups excluding carboxylic acids is 2. The Bertz CT molecular complexity index is 1130. The molecule has 0 spiro atoms. The van der Waals surface area contributed by atoms with E-state index < -0.39 is 10.2 Å². The summed E-state index contributed by atoms with van der Waals surface area (Å²) in [7, 11) is -5.30. The van der Waals surface area contributed by atoms with E-state index >= 15 is 0 Å². The van der Waals surface area contributed by atoms with Gasteiger partial charge in [0, 0.05) is 19.5 Å². The van der Waals surface area contributed by atoms with Crippen LogP contribution in [0.4, 0.5) is 11.4 Å². The molecule has 0 radical (unpaired) electrons. The second-order valence-corrected chi connectivity index (χ2v) is 10.5. The average Bonchev–Trinajstić information content (AvgIpc) is 2.70. The van der Waals surface area contributed by atoms with Crippen molar-refractivity contribution < 1.29 is 38.5 Å². The van der Waals surface area contributed by atoms with E-state index in [1.165, 1.54) is 33.4 Å². The minimum Gasteiger partial charge on any atom is -0.326 e. The number of carbonyl (C=O) groups is 2. The number of hydrogen-bond acceptors (Lipinski definition) is 7. The highest BCUT2D eigenvalue weighted by atomic mass is 35.7. The fraction of sp³-hybridized carbons (Fsp3) is 0.0909. The van der Waals surface area contributed by atoms with Crippen LogP contribution >= 0.6 is 11.8 Å². The Morgan fingerprint density at radius 2 is 1.24 bits per heavy atom. The van der Waals surface area contributed by atoms with Crippen molar-refractivity contribution in [2.24, 2.45) is 0 Å². The predicted molar refractivity (Wildman–Crippen MR) is 114 cm³/mol. The molecular weight excluding hydrogens is 488 g/mol. The molecule has 1 aliphatic rings. The van der Waals surface area contributed by atoms with Gasteiger partial charge in [0.2, 0.25) is 11.8 Å². The maximum absolute atomic E-state index is 11.9. The van der Waals surface area contributed by atoms with E-state index in [4.69, 9.17) is 18.6 Å². The molecule has 11 heteroatoms. The van der Waals surface area contributed by atoms with E-state index in [0.717, 1.165) is 10.6 Å². The number of halogens is 1. The van der Waals surface area contributed by atoms with Crippen molar-refractivity contribution in [1.82, 2.24) is 0 Å². The molecule has 1 heterocycles. The second kappa shape index (κ2) is 10.6. The number of nitrogens with one attached hydrogen (secondary N) is 2. The molecule has 0 saturated carbocycles. The molecule has 3 aromatic carbocycles. The zero-order valence-corrected chi connectivity index (χ0v) is 19.9. The zero-order valence-electron chi connectivity index (χ0n) is 17.5. The Labute approximate surface area is 199 Å². The Morgan fingerprint density at radius 1 is 0.758 bits per heavy atom. The first-order chi connectivity index (χ1) is 15.5. The molecule has 0 aliphatic carbocycles. The standard InChI is InChI=1S/C22H18N2O2S2.ClHO4/c1-14(25)23-16-11-12-20(17(13-16)24-15(2)26)28-21-9-5-3-7-18(21)27-19-8-4-6-10-22(19)28;2-1(3,4)5/h3-13H,1-2H3,(H-,23,24,25,26);(H,2,3,4,5). The fourth-order valence-electron chi connectivity index (χ4n) is 3.16. The van der Waals surface area contributed by atoms with Crippen LogP contribution in [-0.2, 0) is 20.5 Å². The Balaban J connectivity index is 0.000000555. The Hall–Kier alpha value is -2.57. The highest BCUT2D eigenvalue weighted by molar-refractivity contribution is 8.04. The van der Waals surface area contributed by atoms with Gasteiger partial charge in [-0.15, -0.1) is 10.2 Å². The summed E-state index contributed by atoms with van der Waals surface area (Å²) in [6, 6.07) is 22.5. The van der Waals surface area contributed by atoms with E-state index in [2.05, 4.69) is 59.2 Å². The average molecular weight is 507 g/mol. The van der Waals surface area contributed by atoms with Gasteiger partial charge < -0.3 is 10.6 Å². The van der Waals surface area contributed by atoms with Crippen LogP contribution in [0.2, 0.25) is 0 Å². The lowest BCUT2D eigenvalue weighted by atomic mass is 10.2. The monoisotopic (exact) mass is 506 g/mol. The quantitative estimate of drug-likeness (QED) is 0.382. The third-order valence-electron chi connectivity index (χ3n) is 4.19. The molecular formula is C22H19ClN2O6S2. The number of fused-ring (bicyclic) bond motifs is 2. The summed E-state index contributed by atoms with van der Waals surface area (Å²) in [6.45, 7) is 2.97. The number of hydrogen-bond donors (Lipinski definition) is 2. The van der Waals surface area contributed by atoms with Gasteiger partial charge in [0.25, 0.3) is 0 Å². The molecule has 1 aliphatic heterocycles. The molecule has 2 amide bonds. The van der Waals surface area contributed by atoms with Gasteiger partial charge in [0.05, 0.1) is 15.5 Å². The van der Waals surface area contributed by atoms with Crippen LogP contribution in [-0.4, -0.2) is 11.8 Å². The summed E-state index contributed by atoms with van der Waals surface area (Å²) in [4.78, 5) is 29.3. The number of anilines is 2. The van der Waals surface area contributed by atoms with Gasteiger partial charge in [-0.05, 0) is 42.5 Å². The lowest BCUT2D eigenvalue weighted by molar-refractivity contribution is -2.00. The molecule has 8 nitrogen and oxygen atoms in total. The second-order valence-electron chi connectivity index (χ2n) is 6.75. The van der Waals surface area contributed by atoms with E-state index in [0.29, 0.717) is 5.69 Å². The van der Waals surface area contributed by atoms with Crippen molar-refractivity contribution in [3.05, 3.63) is 66.7 Å². The third-order valence-corrected chi connectivity index (χ3v) is 7.99. The molecule has 0 fully saturated rings. The van der Waals surface area contributed by atoms with E-state index in [-0.39, 0.29) is 22.7 Å². The summed E-state index contributed by atoms with van der Waals surface area (Å²) >= 11 is 1.77.